The molecule has 8 aromatic carbocycles. The third-order valence-electron chi connectivity index (χ3n) is 11.4. The van der Waals surface area contributed by atoms with Crippen LogP contribution >= 0.6 is 0 Å². The monoisotopic (exact) mass is 679 g/mol. The van der Waals surface area contributed by atoms with E-state index < -0.39 is 0 Å². The van der Waals surface area contributed by atoms with Crippen LogP contribution in [-0.2, 0) is 5.41 Å². The summed E-state index contributed by atoms with van der Waals surface area (Å²) in [5, 5.41) is 4.32. The molecule has 10 aromatic rings. The first-order chi connectivity index (χ1) is 26.2. The van der Waals surface area contributed by atoms with Gasteiger partial charge in [-0.3, -0.25) is 0 Å². The number of furan rings is 2. The largest absolute Gasteiger partial charge is 0.456 e. The molecule has 0 aliphatic heterocycles. The zero-order valence-corrected chi connectivity index (χ0v) is 29.1. The van der Waals surface area contributed by atoms with Crippen LogP contribution < -0.4 is 4.90 Å². The van der Waals surface area contributed by atoms with E-state index in [0.717, 1.165) is 60.9 Å². The molecule has 1 aliphatic carbocycles. The second-order valence-electron chi connectivity index (χ2n) is 14.2. The molecule has 0 spiro atoms. The highest BCUT2D eigenvalue weighted by Gasteiger charge is 2.40. The molecule has 53 heavy (non-hydrogen) atoms. The standard InChI is InChI=1S/C50H33NO2/c1-50(40-18-8-5-15-36(40)37-16-6-9-19-41(37)50)34-27-30-45-39(31-34)49-43(21-12-24-47(49)53-45)51(35-28-25-33(26-29-35)32-13-3-2-4-14-32)42-20-11-23-46-48(42)38-17-7-10-22-44(38)52-46/h2-31H,1H3. The number of hydrogen-bond donors (Lipinski definition) is 0. The third kappa shape index (κ3) is 4.34. The summed E-state index contributed by atoms with van der Waals surface area (Å²) >= 11 is 0. The highest BCUT2D eigenvalue weighted by Crippen LogP contribution is 2.53. The minimum atomic E-state index is -0.325. The normalized spacial score (nSPS) is 13.2. The Hall–Kier alpha value is -6.84. The summed E-state index contributed by atoms with van der Waals surface area (Å²) in [4.78, 5) is 2.38. The number of nitrogens with zero attached hydrogens (tertiary/aromatic N) is 1. The van der Waals surface area contributed by atoms with Crippen molar-refractivity contribution in [3.8, 4) is 22.3 Å². The molecule has 0 saturated carbocycles. The van der Waals surface area contributed by atoms with Gasteiger partial charge >= 0.3 is 0 Å². The van der Waals surface area contributed by atoms with Gasteiger partial charge in [-0.2, -0.15) is 0 Å². The number of fused-ring (bicyclic) bond motifs is 9. The van der Waals surface area contributed by atoms with Gasteiger partial charge in [-0.05, 0) is 100 Å². The molecule has 0 bridgehead atoms. The molecule has 2 heterocycles. The van der Waals surface area contributed by atoms with E-state index in [1.807, 2.05) is 12.1 Å². The summed E-state index contributed by atoms with van der Waals surface area (Å²) in [7, 11) is 0. The van der Waals surface area contributed by atoms with E-state index in [4.69, 9.17) is 8.83 Å². The van der Waals surface area contributed by atoms with Crippen molar-refractivity contribution in [1.29, 1.82) is 0 Å². The lowest BCUT2D eigenvalue weighted by atomic mass is 9.74. The Balaban J connectivity index is 1.18. The fourth-order valence-corrected chi connectivity index (χ4v) is 8.85. The Labute approximate surface area is 307 Å². The van der Waals surface area contributed by atoms with Crippen molar-refractivity contribution >= 4 is 60.9 Å². The van der Waals surface area contributed by atoms with Gasteiger partial charge in [0.15, 0.2) is 0 Å². The van der Waals surface area contributed by atoms with Gasteiger partial charge in [0.25, 0.3) is 0 Å². The maximum absolute atomic E-state index is 6.68. The zero-order valence-electron chi connectivity index (χ0n) is 29.1. The first-order valence-corrected chi connectivity index (χ1v) is 18.2. The minimum Gasteiger partial charge on any atom is -0.456 e. The molecular formula is C50H33NO2. The average Bonchev–Trinajstić information content (AvgIpc) is 3.88. The molecule has 3 heteroatoms. The molecule has 0 unspecified atom stereocenters. The van der Waals surface area contributed by atoms with Gasteiger partial charge in [-0.25, -0.2) is 0 Å². The van der Waals surface area contributed by atoms with Gasteiger partial charge < -0.3 is 13.7 Å². The van der Waals surface area contributed by atoms with Gasteiger partial charge in [-0.15, -0.1) is 0 Å². The summed E-state index contributed by atoms with van der Waals surface area (Å²) in [6.45, 7) is 2.37. The van der Waals surface area contributed by atoms with Crippen LogP contribution in [0.5, 0.6) is 0 Å². The van der Waals surface area contributed by atoms with Crippen LogP contribution in [0.4, 0.5) is 17.1 Å². The van der Waals surface area contributed by atoms with Gasteiger partial charge in [0.05, 0.1) is 22.1 Å². The maximum atomic E-state index is 6.68. The molecule has 1 aliphatic rings. The lowest BCUT2D eigenvalue weighted by Gasteiger charge is -2.29. The van der Waals surface area contributed by atoms with Crippen molar-refractivity contribution in [2.75, 3.05) is 4.90 Å². The SMILES string of the molecule is CC1(c2ccc3oc4cccc(N(c5ccc(-c6ccccc6)cc5)c5cccc6oc7ccccc7c56)c4c3c2)c2ccccc2-c2ccccc21. The minimum absolute atomic E-state index is 0.325. The van der Waals surface area contributed by atoms with Crippen molar-refractivity contribution in [2.24, 2.45) is 0 Å². The molecule has 0 saturated heterocycles. The number of para-hydroxylation sites is 1. The first kappa shape index (κ1) is 29.8. The lowest BCUT2D eigenvalue weighted by molar-refractivity contribution is 0.667. The van der Waals surface area contributed by atoms with Gasteiger partial charge in [0, 0.05) is 21.9 Å². The summed E-state index contributed by atoms with van der Waals surface area (Å²) in [5.41, 5.74) is 15.1. The smallest absolute Gasteiger partial charge is 0.137 e. The van der Waals surface area contributed by atoms with Crippen molar-refractivity contribution < 1.29 is 8.83 Å². The fourth-order valence-electron chi connectivity index (χ4n) is 8.85. The Morgan fingerprint density at radius 3 is 1.62 bits per heavy atom. The topological polar surface area (TPSA) is 29.5 Å². The summed E-state index contributed by atoms with van der Waals surface area (Å²) in [6.07, 6.45) is 0. The molecule has 11 rings (SSSR count). The zero-order chi connectivity index (χ0) is 35.1. The molecule has 3 nitrogen and oxygen atoms in total. The molecular weight excluding hydrogens is 647 g/mol. The van der Waals surface area contributed by atoms with Crippen molar-refractivity contribution in [2.45, 2.75) is 12.3 Å². The van der Waals surface area contributed by atoms with Crippen LogP contribution in [0.2, 0.25) is 0 Å². The highest BCUT2D eigenvalue weighted by molar-refractivity contribution is 6.18. The second-order valence-corrected chi connectivity index (χ2v) is 14.2. The molecule has 0 atom stereocenters. The summed E-state index contributed by atoms with van der Waals surface area (Å²) < 4.78 is 13.1. The Kier molecular flexibility index (Phi) is 6.38. The maximum Gasteiger partial charge on any atom is 0.137 e. The van der Waals surface area contributed by atoms with Crippen LogP contribution in [0.25, 0.3) is 66.1 Å². The van der Waals surface area contributed by atoms with Gasteiger partial charge in [0.2, 0.25) is 0 Å². The number of anilines is 3. The van der Waals surface area contributed by atoms with Gasteiger partial charge in [-0.1, -0.05) is 127 Å². The van der Waals surface area contributed by atoms with Crippen LogP contribution in [0, 0.1) is 0 Å². The van der Waals surface area contributed by atoms with E-state index in [9.17, 15) is 0 Å². The summed E-state index contributed by atoms with van der Waals surface area (Å²) in [5.74, 6) is 0. The quantitative estimate of drug-likeness (QED) is 0.181. The van der Waals surface area contributed by atoms with Crippen LogP contribution in [0.15, 0.2) is 191 Å². The summed E-state index contributed by atoms with van der Waals surface area (Å²) in [6, 6.07) is 65.0. The third-order valence-corrected chi connectivity index (χ3v) is 11.4. The fraction of sp³-hybridized carbons (Fsp3) is 0.0400. The van der Waals surface area contributed by atoms with Crippen LogP contribution in [0.3, 0.4) is 0 Å². The van der Waals surface area contributed by atoms with Crippen molar-refractivity contribution in [1.82, 2.24) is 0 Å². The Morgan fingerprint density at radius 1 is 0.415 bits per heavy atom. The number of rotatable bonds is 5. The Morgan fingerprint density at radius 2 is 0.943 bits per heavy atom. The number of benzene rings is 8. The van der Waals surface area contributed by atoms with E-state index >= 15 is 0 Å². The molecule has 0 radical (unpaired) electrons. The predicted molar refractivity (Wildman–Crippen MR) is 219 cm³/mol. The van der Waals surface area contributed by atoms with Gasteiger partial charge in [0.1, 0.15) is 22.3 Å². The van der Waals surface area contributed by atoms with Crippen LogP contribution in [0.1, 0.15) is 23.6 Å². The molecule has 0 N–H and O–H groups in total. The molecule has 0 amide bonds. The van der Waals surface area contributed by atoms with E-state index in [1.165, 1.54) is 38.9 Å². The Bertz CT molecular complexity index is 2980. The van der Waals surface area contributed by atoms with Crippen molar-refractivity contribution in [3.05, 3.63) is 199 Å². The van der Waals surface area contributed by atoms with E-state index in [0.29, 0.717) is 0 Å². The van der Waals surface area contributed by atoms with Crippen molar-refractivity contribution in [3.63, 3.8) is 0 Å². The molecule has 2 aromatic heterocycles. The van der Waals surface area contributed by atoms with E-state index in [2.05, 4.69) is 182 Å². The first-order valence-electron chi connectivity index (χ1n) is 18.2. The lowest BCUT2D eigenvalue weighted by Crippen LogP contribution is -2.22. The number of hydrogen-bond acceptors (Lipinski definition) is 3. The highest BCUT2D eigenvalue weighted by atomic mass is 16.3. The van der Waals surface area contributed by atoms with Crippen LogP contribution in [-0.4, -0.2) is 0 Å². The van der Waals surface area contributed by atoms with E-state index in [-0.39, 0.29) is 5.41 Å². The predicted octanol–water partition coefficient (Wildman–Crippen LogP) is 14.0. The van der Waals surface area contributed by atoms with E-state index in [1.54, 1.807) is 0 Å². The second kappa shape index (κ2) is 11.3. The molecule has 250 valence electrons. The average molecular weight is 680 g/mol. The molecule has 0 fully saturated rings.